The fraction of sp³-hybridized carbons (Fsp3) is 0.250. The van der Waals surface area contributed by atoms with Crippen LogP contribution < -0.4 is 0 Å². The van der Waals surface area contributed by atoms with Crippen LogP contribution in [0, 0.1) is 0 Å². The first-order valence-electron chi connectivity index (χ1n) is 5.20. The largest absolute Gasteiger partial charge is 0.480 e. The van der Waals surface area contributed by atoms with E-state index in [-0.39, 0.29) is 18.9 Å². The Kier molecular flexibility index (Phi) is 3.19. The topological polar surface area (TPSA) is 57.6 Å². The molecule has 88 valence electrons. The van der Waals surface area contributed by atoms with Gasteiger partial charge in [0.1, 0.15) is 6.04 Å². The van der Waals surface area contributed by atoms with Crippen LogP contribution in [0.5, 0.6) is 0 Å². The van der Waals surface area contributed by atoms with Crippen molar-refractivity contribution in [1.82, 2.24) is 4.90 Å². The van der Waals surface area contributed by atoms with Crippen molar-refractivity contribution >= 4 is 29.0 Å². The van der Waals surface area contributed by atoms with Crippen molar-refractivity contribution in [2.24, 2.45) is 0 Å². The summed E-state index contributed by atoms with van der Waals surface area (Å²) in [5, 5.41) is 9.04. The summed E-state index contributed by atoms with van der Waals surface area (Å²) >= 11 is 5.00. The third-order valence-electron chi connectivity index (χ3n) is 2.71. The number of carbonyl (C=O) groups excluding carboxylic acids is 1. The van der Waals surface area contributed by atoms with E-state index in [1.807, 2.05) is 0 Å². The molecule has 1 aliphatic rings. The van der Waals surface area contributed by atoms with Gasteiger partial charge in [0.2, 0.25) is 0 Å². The predicted molar refractivity (Wildman–Crippen MR) is 66.1 cm³/mol. The molecule has 4 nitrogen and oxygen atoms in total. The Morgan fingerprint density at radius 1 is 1.29 bits per heavy atom. The van der Waals surface area contributed by atoms with E-state index >= 15 is 0 Å². The Hall–Kier alpha value is -1.75. The molecule has 0 aromatic heterocycles. The second kappa shape index (κ2) is 4.63. The number of carboxylic acid groups (broad SMARTS) is 1. The molecule has 1 aromatic carbocycles. The van der Waals surface area contributed by atoms with E-state index in [4.69, 9.17) is 17.3 Å². The van der Waals surface area contributed by atoms with Crippen LogP contribution in [0.3, 0.4) is 0 Å². The lowest BCUT2D eigenvalue weighted by molar-refractivity contribution is -0.141. The minimum Gasteiger partial charge on any atom is -0.480 e. The van der Waals surface area contributed by atoms with E-state index in [1.54, 1.807) is 30.3 Å². The van der Waals surface area contributed by atoms with E-state index in [9.17, 15) is 9.59 Å². The van der Waals surface area contributed by atoms with Crippen LogP contribution in [-0.2, 0) is 4.79 Å². The Labute approximate surface area is 104 Å². The third-order valence-corrected chi connectivity index (χ3v) is 3.01. The standard InChI is InChI=1S/C12H11NO3S/c14-11(8-4-2-1-3-5-8)13-7-9(17)6-10(13)12(15)16/h1-5,10H,6-7H2,(H,15,16)/t10-/m0/s1. The van der Waals surface area contributed by atoms with Crippen molar-refractivity contribution in [2.45, 2.75) is 12.5 Å². The summed E-state index contributed by atoms with van der Waals surface area (Å²) in [6.07, 6.45) is 0.267. The van der Waals surface area contributed by atoms with Gasteiger partial charge in [-0.2, -0.15) is 0 Å². The lowest BCUT2D eigenvalue weighted by atomic mass is 10.1. The Bertz CT molecular complexity index is 472. The number of hydrogen-bond donors (Lipinski definition) is 1. The average Bonchev–Trinajstić information content (AvgIpc) is 2.72. The van der Waals surface area contributed by atoms with E-state index in [1.165, 1.54) is 4.90 Å². The number of aliphatic carboxylic acids is 1. The molecule has 0 spiro atoms. The lowest BCUT2D eigenvalue weighted by Gasteiger charge is -2.20. The van der Waals surface area contributed by atoms with Crippen molar-refractivity contribution in [3.8, 4) is 0 Å². The Morgan fingerprint density at radius 3 is 2.53 bits per heavy atom. The molecular formula is C12H11NO3S. The summed E-state index contributed by atoms with van der Waals surface area (Å²) < 4.78 is 0. The van der Waals surface area contributed by atoms with Gasteiger partial charge in [0.15, 0.2) is 0 Å². The number of nitrogens with zero attached hydrogens (tertiary/aromatic N) is 1. The summed E-state index contributed by atoms with van der Waals surface area (Å²) in [7, 11) is 0. The molecule has 1 aromatic rings. The van der Waals surface area contributed by atoms with Crippen LogP contribution in [0.25, 0.3) is 0 Å². The molecule has 0 saturated carbocycles. The quantitative estimate of drug-likeness (QED) is 0.804. The van der Waals surface area contributed by atoms with Crippen molar-refractivity contribution in [3.63, 3.8) is 0 Å². The van der Waals surface area contributed by atoms with Gasteiger partial charge in [0, 0.05) is 16.8 Å². The van der Waals surface area contributed by atoms with Crippen LogP contribution in [-0.4, -0.2) is 39.3 Å². The number of carbonyl (C=O) groups is 2. The van der Waals surface area contributed by atoms with Crippen LogP contribution >= 0.6 is 12.2 Å². The van der Waals surface area contributed by atoms with Gasteiger partial charge in [-0.05, 0) is 12.1 Å². The number of thiocarbonyl (C=S) groups is 1. The molecule has 1 N–H and O–H groups in total. The maximum absolute atomic E-state index is 12.1. The molecule has 1 aliphatic heterocycles. The van der Waals surface area contributed by atoms with Gasteiger partial charge < -0.3 is 10.0 Å². The molecule has 1 heterocycles. The summed E-state index contributed by atoms with van der Waals surface area (Å²) in [5.41, 5.74) is 0.489. The van der Waals surface area contributed by atoms with E-state index in [0.29, 0.717) is 10.4 Å². The maximum atomic E-state index is 12.1. The highest BCUT2D eigenvalue weighted by Gasteiger charge is 2.37. The number of likely N-dealkylation sites (tertiary alicyclic amines) is 1. The lowest BCUT2D eigenvalue weighted by Crippen LogP contribution is -2.40. The SMILES string of the molecule is O=C(O)[C@@H]1CC(=S)CN1C(=O)c1ccccc1. The average molecular weight is 249 g/mol. The second-order valence-corrected chi connectivity index (χ2v) is 4.47. The molecule has 0 radical (unpaired) electrons. The highest BCUT2D eigenvalue weighted by Crippen LogP contribution is 2.19. The first-order chi connectivity index (χ1) is 8.09. The zero-order chi connectivity index (χ0) is 12.4. The van der Waals surface area contributed by atoms with Gasteiger partial charge in [-0.25, -0.2) is 4.79 Å². The van der Waals surface area contributed by atoms with Crippen LogP contribution in [0.4, 0.5) is 0 Å². The summed E-state index contributed by atoms with van der Waals surface area (Å²) in [4.78, 5) is 25.1. The van der Waals surface area contributed by atoms with Crippen molar-refractivity contribution in [2.75, 3.05) is 6.54 Å². The number of amides is 1. The van der Waals surface area contributed by atoms with Crippen molar-refractivity contribution in [3.05, 3.63) is 35.9 Å². The maximum Gasteiger partial charge on any atom is 0.326 e. The molecule has 2 rings (SSSR count). The fourth-order valence-electron chi connectivity index (χ4n) is 1.87. The summed E-state index contributed by atoms with van der Waals surface area (Å²) in [6, 6.07) is 7.82. The fourth-order valence-corrected chi connectivity index (χ4v) is 2.17. The number of rotatable bonds is 2. The molecule has 1 atom stereocenters. The minimum atomic E-state index is -1.01. The van der Waals surface area contributed by atoms with Crippen molar-refractivity contribution < 1.29 is 14.7 Å². The summed E-state index contributed by atoms with van der Waals surface area (Å²) in [6.45, 7) is 0.250. The van der Waals surface area contributed by atoms with Gasteiger partial charge in [-0.3, -0.25) is 4.79 Å². The number of hydrogen-bond acceptors (Lipinski definition) is 3. The Balaban J connectivity index is 2.25. The predicted octanol–water partition coefficient (Wildman–Crippen LogP) is 1.36. The van der Waals surface area contributed by atoms with Gasteiger partial charge >= 0.3 is 5.97 Å². The highest BCUT2D eigenvalue weighted by atomic mass is 32.1. The third kappa shape index (κ3) is 2.34. The minimum absolute atomic E-state index is 0.250. The van der Waals surface area contributed by atoms with E-state index in [0.717, 1.165) is 0 Å². The molecule has 1 fully saturated rings. The van der Waals surface area contributed by atoms with Gasteiger partial charge in [-0.1, -0.05) is 30.4 Å². The zero-order valence-corrected chi connectivity index (χ0v) is 9.81. The smallest absolute Gasteiger partial charge is 0.326 e. The highest BCUT2D eigenvalue weighted by molar-refractivity contribution is 7.80. The summed E-state index contributed by atoms with van der Waals surface area (Å²) in [5.74, 6) is -1.29. The van der Waals surface area contributed by atoms with E-state index < -0.39 is 12.0 Å². The first kappa shape index (κ1) is 11.7. The normalized spacial score (nSPS) is 19.4. The van der Waals surface area contributed by atoms with Gasteiger partial charge in [0.05, 0.1) is 6.54 Å². The zero-order valence-electron chi connectivity index (χ0n) is 9.00. The van der Waals surface area contributed by atoms with Gasteiger partial charge in [-0.15, -0.1) is 0 Å². The van der Waals surface area contributed by atoms with E-state index in [2.05, 4.69) is 0 Å². The second-order valence-electron chi connectivity index (χ2n) is 3.90. The Morgan fingerprint density at radius 2 is 1.94 bits per heavy atom. The first-order valence-corrected chi connectivity index (χ1v) is 5.61. The monoisotopic (exact) mass is 249 g/mol. The molecule has 0 aliphatic carbocycles. The molecular weight excluding hydrogens is 238 g/mol. The van der Waals surface area contributed by atoms with Crippen LogP contribution in [0.1, 0.15) is 16.8 Å². The molecule has 0 unspecified atom stereocenters. The van der Waals surface area contributed by atoms with Crippen molar-refractivity contribution in [1.29, 1.82) is 0 Å². The molecule has 1 amide bonds. The van der Waals surface area contributed by atoms with Crippen LogP contribution in [0.15, 0.2) is 30.3 Å². The number of carboxylic acids is 1. The molecule has 5 heteroatoms. The number of benzene rings is 1. The van der Waals surface area contributed by atoms with Gasteiger partial charge in [0.25, 0.3) is 5.91 Å². The molecule has 1 saturated heterocycles. The molecule has 17 heavy (non-hydrogen) atoms. The molecule has 0 bridgehead atoms. The van der Waals surface area contributed by atoms with Crippen LogP contribution in [0.2, 0.25) is 0 Å².